The molecular weight excluding hydrogens is 749 g/mol. The third kappa shape index (κ3) is 5.06. The molecule has 13 rings (SSSR count). The van der Waals surface area contributed by atoms with E-state index in [1.807, 2.05) is 6.07 Å². The fourth-order valence-corrected chi connectivity index (χ4v) is 9.75. The summed E-state index contributed by atoms with van der Waals surface area (Å²) in [6.07, 6.45) is 0. The summed E-state index contributed by atoms with van der Waals surface area (Å²) < 4.78 is 26.2. The van der Waals surface area contributed by atoms with Crippen molar-refractivity contribution >= 4 is 87.8 Å². The predicted octanol–water partition coefficient (Wildman–Crippen LogP) is 16.9. The Kier molecular flexibility index (Phi) is 7.04. The summed E-state index contributed by atoms with van der Waals surface area (Å²) in [5.41, 5.74) is 19.6. The molecule has 0 aliphatic carbocycles. The zero-order valence-corrected chi connectivity index (χ0v) is 33.7. The minimum Gasteiger partial charge on any atom is -0.456 e. The van der Waals surface area contributed by atoms with Gasteiger partial charge in [-0.2, -0.15) is 0 Å². The van der Waals surface area contributed by atoms with E-state index in [0.29, 0.717) is 0 Å². The molecule has 4 nitrogen and oxygen atoms in total. The SMILES string of the molecule is Cc1cc2oc3c(c(C)c(C)c4oc5ccc(-c6ccc7oc8ccc(-c9ccccc9)cc8c7c6)cc5c43)c2cc1-c1ccc2oc3ccc(-c4ccccc4)cc3c2c1. The molecule has 288 valence electrons. The van der Waals surface area contributed by atoms with Gasteiger partial charge in [0.15, 0.2) is 0 Å². The molecule has 0 unspecified atom stereocenters. The van der Waals surface area contributed by atoms with E-state index < -0.39 is 0 Å². The van der Waals surface area contributed by atoms with Crippen molar-refractivity contribution in [3.8, 4) is 44.5 Å². The first kappa shape index (κ1) is 34.1. The van der Waals surface area contributed by atoms with E-state index in [1.54, 1.807) is 0 Å². The van der Waals surface area contributed by atoms with Crippen LogP contribution in [0.5, 0.6) is 0 Å². The monoisotopic (exact) mass is 784 g/mol. The van der Waals surface area contributed by atoms with Gasteiger partial charge in [0.2, 0.25) is 0 Å². The van der Waals surface area contributed by atoms with Crippen molar-refractivity contribution in [2.75, 3.05) is 0 Å². The molecule has 0 saturated carbocycles. The van der Waals surface area contributed by atoms with Crippen LogP contribution in [-0.4, -0.2) is 0 Å². The zero-order chi connectivity index (χ0) is 40.5. The van der Waals surface area contributed by atoms with E-state index in [2.05, 4.69) is 178 Å². The molecule has 0 aliphatic rings. The molecule has 0 spiro atoms. The highest BCUT2D eigenvalue weighted by Crippen LogP contribution is 2.46. The van der Waals surface area contributed by atoms with Crippen molar-refractivity contribution in [2.45, 2.75) is 20.8 Å². The van der Waals surface area contributed by atoms with Crippen LogP contribution in [0.1, 0.15) is 16.7 Å². The molecule has 4 heterocycles. The molecular formula is C57H36O4. The Morgan fingerprint density at radius 3 is 1.21 bits per heavy atom. The maximum atomic E-state index is 6.91. The highest BCUT2D eigenvalue weighted by atomic mass is 16.3. The van der Waals surface area contributed by atoms with Crippen molar-refractivity contribution in [1.29, 1.82) is 0 Å². The van der Waals surface area contributed by atoms with E-state index in [9.17, 15) is 0 Å². The van der Waals surface area contributed by atoms with Crippen molar-refractivity contribution in [1.82, 2.24) is 0 Å². The second kappa shape index (κ2) is 12.6. The molecule has 0 atom stereocenters. The average molecular weight is 785 g/mol. The Hall–Kier alpha value is -7.82. The molecule has 0 N–H and O–H groups in total. The van der Waals surface area contributed by atoms with Gasteiger partial charge in [0.1, 0.15) is 44.7 Å². The fourth-order valence-electron chi connectivity index (χ4n) is 9.75. The minimum atomic E-state index is 0.837. The van der Waals surface area contributed by atoms with Gasteiger partial charge in [-0.05, 0) is 155 Å². The van der Waals surface area contributed by atoms with E-state index in [4.69, 9.17) is 17.7 Å². The lowest BCUT2D eigenvalue weighted by molar-refractivity contribution is 0.659. The first-order chi connectivity index (χ1) is 29.9. The van der Waals surface area contributed by atoms with E-state index in [1.165, 1.54) is 27.8 Å². The normalized spacial score (nSPS) is 12.2. The van der Waals surface area contributed by atoms with Crippen LogP contribution >= 0.6 is 0 Å². The fraction of sp³-hybridized carbons (Fsp3) is 0.0526. The highest BCUT2D eigenvalue weighted by molar-refractivity contribution is 6.25. The van der Waals surface area contributed by atoms with Gasteiger partial charge in [-0.25, -0.2) is 0 Å². The topological polar surface area (TPSA) is 52.6 Å². The van der Waals surface area contributed by atoms with E-state index in [-0.39, 0.29) is 0 Å². The van der Waals surface area contributed by atoms with E-state index >= 15 is 0 Å². The van der Waals surface area contributed by atoms with Crippen LogP contribution in [0.15, 0.2) is 181 Å². The van der Waals surface area contributed by atoms with Gasteiger partial charge in [0.05, 0.1) is 5.39 Å². The summed E-state index contributed by atoms with van der Waals surface area (Å²) in [5.74, 6) is 0. The summed E-state index contributed by atoms with van der Waals surface area (Å²) >= 11 is 0. The van der Waals surface area contributed by atoms with Crippen LogP contribution in [0.3, 0.4) is 0 Å². The molecule has 0 radical (unpaired) electrons. The Morgan fingerprint density at radius 2 is 0.689 bits per heavy atom. The molecule has 4 aromatic heterocycles. The van der Waals surface area contributed by atoms with Crippen LogP contribution < -0.4 is 0 Å². The van der Waals surface area contributed by atoms with Gasteiger partial charge >= 0.3 is 0 Å². The quantitative estimate of drug-likeness (QED) is 0.178. The van der Waals surface area contributed by atoms with E-state index in [0.717, 1.165) is 121 Å². The van der Waals surface area contributed by atoms with Gasteiger partial charge in [-0.3, -0.25) is 0 Å². The number of aryl methyl sites for hydroxylation is 3. The average Bonchev–Trinajstić information content (AvgIpc) is 4.07. The molecule has 61 heavy (non-hydrogen) atoms. The predicted molar refractivity (Wildman–Crippen MR) is 252 cm³/mol. The Bertz CT molecular complexity index is 3950. The summed E-state index contributed by atoms with van der Waals surface area (Å²) in [4.78, 5) is 0. The maximum Gasteiger partial charge on any atom is 0.147 e. The molecule has 0 fully saturated rings. The number of furan rings is 4. The van der Waals surface area contributed by atoms with Crippen molar-refractivity contribution in [3.63, 3.8) is 0 Å². The minimum absolute atomic E-state index is 0.837. The Balaban J connectivity index is 0.961. The molecule has 9 aromatic carbocycles. The third-order valence-electron chi connectivity index (χ3n) is 13.0. The van der Waals surface area contributed by atoms with Gasteiger partial charge < -0.3 is 17.7 Å². The van der Waals surface area contributed by atoms with Crippen LogP contribution in [0, 0.1) is 20.8 Å². The smallest absolute Gasteiger partial charge is 0.147 e. The molecule has 13 aromatic rings. The second-order valence-electron chi connectivity index (χ2n) is 16.5. The highest BCUT2D eigenvalue weighted by Gasteiger charge is 2.23. The third-order valence-corrected chi connectivity index (χ3v) is 13.0. The molecule has 0 amide bonds. The lowest BCUT2D eigenvalue weighted by Gasteiger charge is -2.08. The standard InChI is InChI=1S/C57H36O4/c1-31-24-53-47(30-41(31)40-18-23-51-45(29-40)43-26-37(15-20-49(43)59-51)35-12-8-5-9-13-35)54-32(2)33(3)56-55(57(54)61-53)46-28-39(17-22-52(46)60-56)38-16-21-50-44(27-38)42-25-36(14-19-48(42)58-50)34-10-6-4-7-11-34/h4-30H,1-3H3. The van der Waals surface area contributed by atoms with Crippen molar-refractivity contribution < 1.29 is 17.7 Å². The lowest BCUT2D eigenvalue weighted by Crippen LogP contribution is -1.86. The summed E-state index contributed by atoms with van der Waals surface area (Å²) in [6.45, 7) is 6.52. The van der Waals surface area contributed by atoms with Crippen LogP contribution in [-0.2, 0) is 0 Å². The molecule has 0 aliphatic heterocycles. The summed E-state index contributed by atoms with van der Waals surface area (Å²) in [7, 11) is 0. The van der Waals surface area contributed by atoms with Gasteiger partial charge in [0, 0.05) is 37.7 Å². The van der Waals surface area contributed by atoms with Crippen molar-refractivity contribution in [2.24, 2.45) is 0 Å². The number of benzene rings is 9. The van der Waals surface area contributed by atoms with Crippen LogP contribution in [0.25, 0.3) is 132 Å². The number of fused-ring (bicyclic) bond motifs is 13. The van der Waals surface area contributed by atoms with Crippen LogP contribution in [0.4, 0.5) is 0 Å². The number of rotatable bonds is 4. The summed E-state index contributed by atoms with van der Waals surface area (Å²) in [6, 6.07) is 58.0. The van der Waals surface area contributed by atoms with Gasteiger partial charge in [0.25, 0.3) is 0 Å². The van der Waals surface area contributed by atoms with Gasteiger partial charge in [-0.1, -0.05) is 91.0 Å². The molecule has 4 heteroatoms. The van der Waals surface area contributed by atoms with Crippen LogP contribution in [0.2, 0.25) is 0 Å². The number of hydrogen-bond acceptors (Lipinski definition) is 4. The number of hydrogen-bond donors (Lipinski definition) is 0. The maximum absolute atomic E-state index is 6.91. The van der Waals surface area contributed by atoms with Gasteiger partial charge in [-0.15, -0.1) is 0 Å². The Labute approximate surface area is 349 Å². The lowest BCUT2D eigenvalue weighted by atomic mass is 9.94. The van der Waals surface area contributed by atoms with Crippen molar-refractivity contribution in [3.05, 3.63) is 180 Å². The molecule has 0 bridgehead atoms. The Morgan fingerprint density at radius 1 is 0.279 bits per heavy atom. The largest absolute Gasteiger partial charge is 0.456 e. The second-order valence-corrected chi connectivity index (χ2v) is 16.5. The zero-order valence-electron chi connectivity index (χ0n) is 33.7. The summed E-state index contributed by atoms with van der Waals surface area (Å²) in [5, 5.41) is 8.68. The first-order valence-corrected chi connectivity index (χ1v) is 20.8. The first-order valence-electron chi connectivity index (χ1n) is 20.8. The molecule has 0 saturated heterocycles.